The van der Waals surface area contributed by atoms with Gasteiger partial charge in [-0.2, -0.15) is 0 Å². The third-order valence-electron chi connectivity index (χ3n) is 3.99. The van der Waals surface area contributed by atoms with E-state index in [4.69, 9.17) is 14.5 Å². The fourth-order valence-corrected chi connectivity index (χ4v) is 5.14. The van der Waals surface area contributed by atoms with Crippen LogP contribution in [0.3, 0.4) is 0 Å². The lowest BCUT2D eigenvalue weighted by atomic mass is 10.2. The Morgan fingerprint density at radius 1 is 1.00 bits per heavy atom. The van der Waals surface area contributed by atoms with Crippen LogP contribution in [0.4, 0.5) is 10.8 Å². The summed E-state index contributed by atoms with van der Waals surface area (Å²) in [5, 5.41) is 15.6. The van der Waals surface area contributed by atoms with Crippen LogP contribution in [0.1, 0.15) is 5.69 Å². The molecule has 4 rings (SSSR count). The van der Waals surface area contributed by atoms with Gasteiger partial charge in [-0.1, -0.05) is 35.2 Å². The van der Waals surface area contributed by atoms with E-state index in [2.05, 4.69) is 20.9 Å². The van der Waals surface area contributed by atoms with Gasteiger partial charge in [0, 0.05) is 16.7 Å². The van der Waals surface area contributed by atoms with Gasteiger partial charge in [-0.25, -0.2) is 4.98 Å². The first-order chi connectivity index (χ1) is 14.2. The van der Waals surface area contributed by atoms with Crippen LogP contribution in [0.2, 0.25) is 0 Å². The number of thiazole rings is 1. The molecular weight excluding hydrogens is 424 g/mol. The van der Waals surface area contributed by atoms with Crippen LogP contribution in [0, 0.1) is 0 Å². The van der Waals surface area contributed by atoms with E-state index < -0.39 is 0 Å². The molecule has 0 amide bonds. The van der Waals surface area contributed by atoms with Gasteiger partial charge in [-0.05, 0) is 36.4 Å². The molecule has 4 aromatic rings. The minimum atomic E-state index is 0.731. The molecule has 0 spiro atoms. The molecule has 1 N–H and O–H groups in total. The van der Waals surface area contributed by atoms with Crippen molar-refractivity contribution < 1.29 is 9.47 Å². The van der Waals surface area contributed by atoms with E-state index in [-0.39, 0.29) is 0 Å². The Balaban J connectivity index is 1.37. The van der Waals surface area contributed by atoms with Crippen LogP contribution >= 0.6 is 34.4 Å². The van der Waals surface area contributed by atoms with Gasteiger partial charge in [0.1, 0.15) is 16.5 Å². The van der Waals surface area contributed by atoms with Gasteiger partial charge in [0.05, 0.1) is 25.6 Å². The first kappa shape index (κ1) is 19.7. The van der Waals surface area contributed by atoms with Gasteiger partial charge in [-0.15, -0.1) is 21.5 Å². The van der Waals surface area contributed by atoms with E-state index in [0.717, 1.165) is 48.7 Å². The number of ether oxygens (including phenoxy) is 2. The fourth-order valence-electron chi connectivity index (χ4n) is 2.56. The number of aromatic nitrogens is 3. The predicted molar refractivity (Wildman–Crippen MR) is 120 cm³/mol. The van der Waals surface area contributed by atoms with Crippen molar-refractivity contribution in [3.8, 4) is 22.1 Å². The van der Waals surface area contributed by atoms with Crippen LogP contribution in [0.25, 0.3) is 10.6 Å². The molecule has 0 aliphatic rings. The molecular formula is C20H18N4O2S3. The van der Waals surface area contributed by atoms with Crippen molar-refractivity contribution >= 4 is 45.3 Å². The second-order valence-corrected chi connectivity index (χ2v) is 8.92. The highest BCUT2D eigenvalue weighted by atomic mass is 32.2. The van der Waals surface area contributed by atoms with Gasteiger partial charge in [0.25, 0.3) is 0 Å². The van der Waals surface area contributed by atoms with E-state index in [1.807, 2.05) is 48.5 Å². The fraction of sp³-hybridized carbons (Fsp3) is 0.150. The van der Waals surface area contributed by atoms with Crippen molar-refractivity contribution in [3.63, 3.8) is 0 Å². The van der Waals surface area contributed by atoms with Crippen molar-refractivity contribution in [2.24, 2.45) is 0 Å². The molecule has 148 valence electrons. The lowest BCUT2D eigenvalue weighted by Gasteiger charge is -2.07. The van der Waals surface area contributed by atoms with E-state index >= 15 is 0 Å². The lowest BCUT2D eigenvalue weighted by molar-refractivity contribution is 0.415. The SMILES string of the molecule is COc1ccc(-c2nc(CSc3nnc(Nc4ccccc4OC)s3)cs2)cc1. The first-order valence-electron chi connectivity index (χ1n) is 8.70. The molecule has 0 radical (unpaired) electrons. The summed E-state index contributed by atoms with van der Waals surface area (Å²) in [6.45, 7) is 0. The smallest absolute Gasteiger partial charge is 0.210 e. The topological polar surface area (TPSA) is 69.2 Å². The standard InChI is InChI=1S/C20H18N4O2S3/c1-25-15-9-7-13(8-10-15)18-21-14(11-27-18)12-28-20-24-23-19(29-20)22-16-5-3-4-6-17(16)26-2/h3-11H,12H2,1-2H3,(H,22,23). The second kappa shape index (κ2) is 9.25. The Labute approximate surface area is 181 Å². The summed E-state index contributed by atoms with van der Waals surface area (Å²) in [4.78, 5) is 4.73. The molecule has 0 bridgehead atoms. The normalized spacial score (nSPS) is 10.7. The summed E-state index contributed by atoms with van der Waals surface area (Å²) in [5.74, 6) is 2.36. The number of hydrogen-bond acceptors (Lipinski definition) is 9. The molecule has 6 nitrogen and oxygen atoms in total. The Bertz CT molecular complexity index is 1080. The Hall–Kier alpha value is -2.62. The van der Waals surface area contributed by atoms with E-state index in [1.54, 1.807) is 37.3 Å². The Kier molecular flexibility index (Phi) is 6.28. The summed E-state index contributed by atoms with van der Waals surface area (Å²) in [6.07, 6.45) is 0. The quantitative estimate of drug-likeness (QED) is 0.350. The number of methoxy groups -OCH3 is 2. The summed E-state index contributed by atoms with van der Waals surface area (Å²) in [5.41, 5.74) is 2.98. The van der Waals surface area contributed by atoms with Gasteiger partial charge < -0.3 is 14.8 Å². The van der Waals surface area contributed by atoms with Crippen LogP contribution in [-0.4, -0.2) is 29.4 Å². The molecule has 0 aliphatic carbocycles. The third-order valence-corrected chi connectivity index (χ3v) is 6.93. The van der Waals surface area contributed by atoms with Crippen LogP contribution < -0.4 is 14.8 Å². The molecule has 9 heteroatoms. The monoisotopic (exact) mass is 442 g/mol. The highest BCUT2D eigenvalue weighted by Gasteiger charge is 2.10. The van der Waals surface area contributed by atoms with Crippen LogP contribution in [0.15, 0.2) is 58.3 Å². The molecule has 0 fully saturated rings. The summed E-state index contributed by atoms with van der Waals surface area (Å²) < 4.78 is 11.5. The van der Waals surface area contributed by atoms with Gasteiger partial charge in [0.15, 0.2) is 4.34 Å². The van der Waals surface area contributed by atoms with Crippen LogP contribution in [0.5, 0.6) is 11.5 Å². The molecule has 0 saturated heterocycles. The molecule has 2 aromatic heterocycles. The maximum atomic E-state index is 5.36. The highest BCUT2D eigenvalue weighted by Crippen LogP contribution is 2.33. The van der Waals surface area contributed by atoms with Crippen molar-refractivity contribution in [1.29, 1.82) is 0 Å². The van der Waals surface area contributed by atoms with Crippen molar-refractivity contribution in [1.82, 2.24) is 15.2 Å². The summed E-state index contributed by atoms with van der Waals surface area (Å²) >= 11 is 4.77. The zero-order chi connectivity index (χ0) is 20.1. The number of para-hydroxylation sites is 2. The maximum Gasteiger partial charge on any atom is 0.210 e. The minimum absolute atomic E-state index is 0.731. The zero-order valence-corrected chi connectivity index (χ0v) is 18.2. The van der Waals surface area contributed by atoms with Gasteiger partial charge >= 0.3 is 0 Å². The number of nitrogens with one attached hydrogen (secondary N) is 1. The number of rotatable bonds is 8. The second-order valence-electron chi connectivity index (χ2n) is 5.86. The molecule has 2 aromatic carbocycles. The number of hydrogen-bond donors (Lipinski definition) is 1. The van der Waals surface area contributed by atoms with Crippen LogP contribution in [-0.2, 0) is 5.75 Å². The molecule has 2 heterocycles. The minimum Gasteiger partial charge on any atom is -0.497 e. The predicted octanol–water partition coefficient (Wildman–Crippen LogP) is 5.71. The Morgan fingerprint density at radius 3 is 2.62 bits per heavy atom. The maximum absolute atomic E-state index is 5.36. The first-order valence-corrected chi connectivity index (χ1v) is 11.4. The molecule has 0 atom stereocenters. The van der Waals surface area contributed by atoms with E-state index in [0.29, 0.717) is 0 Å². The number of anilines is 2. The van der Waals surface area contributed by atoms with E-state index in [9.17, 15) is 0 Å². The largest absolute Gasteiger partial charge is 0.497 e. The summed E-state index contributed by atoms with van der Waals surface area (Å²) in [7, 11) is 3.31. The van der Waals surface area contributed by atoms with E-state index in [1.165, 1.54) is 11.3 Å². The lowest BCUT2D eigenvalue weighted by Crippen LogP contribution is -1.93. The summed E-state index contributed by atoms with van der Waals surface area (Å²) in [6, 6.07) is 15.7. The molecule has 29 heavy (non-hydrogen) atoms. The van der Waals surface area contributed by atoms with Gasteiger partial charge in [-0.3, -0.25) is 0 Å². The number of nitrogens with zero attached hydrogens (tertiary/aromatic N) is 3. The van der Waals surface area contributed by atoms with Gasteiger partial charge in [0.2, 0.25) is 5.13 Å². The molecule has 0 unspecified atom stereocenters. The average molecular weight is 443 g/mol. The Morgan fingerprint density at radius 2 is 1.83 bits per heavy atom. The number of benzene rings is 2. The zero-order valence-electron chi connectivity index (χ0n) is 15.8. The van der Waals surface area contributed by atoms with Crippen molar-refractivity contribution in [2.45, 2.75) is 10.1 Å². The average Bonchev–Trinajstić information content (AvgIpc) is 3.42. The van der Waals surface area contributed by atoms with Crippen molar-refractivity contribution in [3.05, 3.63) is 59.6 Å². The molecule has 0 saturated carbocycles. The molecule has 0 aliphatic heterocycles. The van der Waals surface area contributed by atoms with Crippen molar-refractivity contribution in [2.75, 3.05) is 19.5 Å². The number of thioether (sulfide) groups is 1. The third kappa shape index (κ3) is 4.87. The highest BCUT2D eigenvalue weighted by molar-refractivity contribution is 8.00.